The molecule has 5 nitrogen and oxygen atoms in total. The minimum Gasteiger partial charge on any atom is -0.477 e. The van der Waals surface area contributed by atoms with Gasteiger partial charge in [-0.05, 0) is 5.92 Å². The molecule has 1 fully saturated rings. The maximum atomic E-state index is 12.9. The summed E-state index contributed by atoms with van der Waals surface area (Å²) in [5.41, 5.74) is -1.31. The molecule has 0 aromatic carbocycles. The highest BCUT2D eigenvalue weighted by molar-refractivity contribution is 7.17. The first kappa shape index (κ1) is 16.0. The van der Waals surface area contributed by atoms with E-state index < -0.39 is 22.7 Å². The molecule has 0 saturated carbocycles. The van der Waals surface area contributed by atoms with Gasteiger partial charge in [0.1, 0.15) is 4.88 Å². The molecule has 0 spiro atoms. The Bertz CT molecular complexity index is 530. The Morgan fingerprint density at radius 1 is 1.52 bits per heavy atom. The number of carboxylic acids is 1. The predicted octanol–water partition coefficient (Wildman–Crippen LogP) is 2.29. The number of nitrogens with one attached hydrogen (secondary N) is 1. The van der Waals surface area contributed by atoms with Crippen molar-refractivity contribution in [3.63, 3.8) is 0 Å². The van der Waals surface area contributed by atoms with Gasteiger partial charge in [-0.1, -0.05) is 25.2 Å². The fourth-order valence-corrected chi connectivity index (χ4v) is 3.34. The molecule has 0 bridgehead atoms. The Morgan fingerprint density at radius 2 is 2.19 bits per heavy atom. The second-order valence-corrected chi connectivity index (χ2v) is 6.16. The zero-order chi connectivity index (χ0) is 15.8. The lowest BCUT2D eigenvalue weighted by Crippen LogP contribution is -2.53. The molecule has 1 aliphatic rings. The molecule has 0 amide bonds. The summed E-state index contributed by atoms with van der Waals surface area (Å²) in [7, 11) is 0. The van der Waals surface area contributed by atoms with Crippen molar-refractivity contribution in [1.29, 1.82) is 0 Å². The van der Waals surface area contributed by atoms with Gasteiger partial charge in [0.25, 0.3) is 0 Å². The van der Waals surface area contributed by atoms with E-state index in [0.29, 0.717) is 31.0 Å². The Hall–Kier alpha value is -1.35. The molecule has 9 heteroatoms. The van der Waals surface area contributed by atoms with E-state index in [4.69, 9.17) is 5.11 Å². The third-order valence-corrected chi connectivity index (χ3v) is 4.46. The number of nitrogens with zero attached hydrogens (tertiary/aromatic N) is 2. The van der Waals surface area contributed by atoms with Gasteiger partial charge in [0.15, 0.2) is 10.8 Å². The smallest absolute Gasteiger partial charge is 0.435 e. The zero-order valence-electron chi connectivity index (χ0n) is 11.6. The number of thiazole rings is 1. The van der Waals surface area contributed by atoms with Crippen molar-refractivity contribution < 1.29 is 23.1 Å². The molecule has 2 N–H and O–H groups in total. The summed E-state index contributed by atoms with van der Waals surface area (Å²) in [6.07, 6.45) is -4.76. The molecule has 0 aliphatic carbocycles. The number of halogens is 3. The van der Waals surface area contributed by atoms with Crippen LogP contribution >= 0.6 is 11.3 Å². The fraction of sp³-hybridized carbons (Fsp3) is 0.667. The first-order valence-corrected chi connectivity index (χ1v) is 7.32. The van der Waals surface area contributed by atoms with Gasteiger partial charge in [-0.3, -0.25) is 0 Å². The summed E-state index contributed by atoms with van der Waals surface area (Å²) < 4.78 is 38.7. The van der Waals surface area contributed by atoms with Gasteiger partial charge in [-0.25, -0.2) is 9.78 Å². The number of piperazine rings is 1. The summed E-state index contributed by atoms with van der Waals surface area (Å²) >= 11 is 0.590. The van der Waals surface area contributed by atoms with Gasteiger partial charge in [0, 0.05) is 25.7 Å². The Labute approximate surface area is 123 Å². The second-order valence-electron chi connectivity index (χ2n) is 5.19. The Kier molecular flexibility index (Phi) is 4.43. The second kappa shape index (κ2) is 5.80. The molecular weight excluding hydrogens is 307 g/mol. The van der Waals surface area contributed by atoms with Crippen LogP contribution in [0.25, 0.3) is 0 Å². The molecular formula is C12H16F3N3O2S. The molecule has 118 valence electrons. The molecule has 2 heterocycles. The summed E-state index contributed by atoms with van der Waals surface area (Å²) in [6, 6.07) is -0.00683. The van der Waals surface area contributed by atoms with E-state index in [1.54, 1.807) is 4.90 Å². The van der Waals surface area contributed by atoms with Crippen molar-refractivity contribution in [1.82, 2.24) is 10.3 Å². The monoisotopic (exact) mass is 323 g/mol. The fourth-order valence-electron chi connectivity index (χ4n) is 2.33. The Morgan fingerprint density at radius 3 is 2.67 bits per heavy atom. The molecule has 21 heavy (non-hydrogen) atoms. The van der Waals surface area contributed by atoms with Crippen LogP contribution in [0.4, 0.5) is 18.3 Å². The van der Waals surface area contributed by atoms with Crippen molar-refractivity contribution >= 4 is 22.4 Å². The van der Waals surface area contributed by atoms with Crippen molar-refractivity contribution in [3.8, 4) is 0 Å². The maximum absolute atomic E-state index is 12.9. The molecule has 0 radical (unpaired) electrons. The highest BCUT2D eigenvalue weighted by Gasteiger charge is 2.41. The number of hydrogen-bond donors (Lipinski definition) is 2. The summed E-state index contributed by atoms with van der Waals surface area (Å²) in [5.74, 6) is -1.38. The number of anilines is 1. The topological polar surface area (TPSA) is 65.5 Å². The SMILES string of the molecule is CC(C)C1CNCCN1c1nc(C(F)(F)F)c(C(=O)O)s1. The van der Waals surface area contributed by atoms with Crippen LogP contribution in [-0.2, 0) is 6.18 Å². The summed E-state index contributed by atoms with van der Waals surface area (Å²) in [6.45, 7) is 5.72. The standard InChI is InChI=1S/C12H16F3N3O2S/c1-6(2)7-5-16-3-4-18(7)11-17-9(12(13,14)15)8(21-11)10(19)20/h6-7,16H,3-5H2,1-2H3,(H,19,20). The zero-order valence-corrected chi connectivity index (χ0v) is 12.4. The van der Waals surface area contributed by atoms with Crippen LogP contribution in [0.1, 0.15) is 29.2 Å². The lowest BCUT2D eigenvalue weighted by molar-refractivity contribution is -0.141. The highest BCUT2D eigenvalue weighted by atomic mass is 32.1. The van der Waals surface area contributed by atoms with E-state index in [1.807, 2.05) is 13.8 Å². The summed E-state index contributed by atoms with van der Waals surface area (Å²) in [4.78, 5) is 15.6. The predicted molar refractivity (Wildman–Crippen MR) is 72.9 cm³/mol. The van der Waals surface area contributed by atoms with Crippen LogP contribution in [0.15, 0.2) is 0 Å². The van der Waals surface area contributed by atoms with Gasteiger partial charge in [0.2, 0.25) is 0 Å². The number of rotatable bonds is 3. The number of carboxylic acid groups (broad SMARTS) is 1. The largest absolute Gasteiger partial charge is 0.477 e. The lowest BCUT2D eigenvalue weighted by Gasteiger charge is -2.38. The number of hydrogen-bond acceptors (Lipinski definition) is 5. The Balaban J connectivity index is 2.41. The van der Waals surface area contributed by atoms with Crippen LogP contribution in [0.5, 0.6) is 0 Å². The van der Waals surface area contributed by atoms with Crippen molar-refractivity contribution in [2.45, 2.75) is 26.1 Å². The van der Waals surface area contributed by atoms with Crippen molar-refractivity contribution in [2.75, 3.05) is 24.5 Å². The molecule has 1 aromatic rings. The van der Waals surface area contributed by atoms with E-state index in [0.717, 1.165) is 0 Å². The van der Waals surface area contributed by atoms with Crippen LogP contribution in [0.2, 0.25) is 0 Å². The van der Waals surface area contributed by atoms with Crippen LogP contribution in [-0.4, -0.2) is 41.7 Å². The summed E-state index contributed by atoms with van der Waals surface area (Å²) in [5, 5.41) is 12.3. The third kappa shape index (κ3) is 3.29. The number of alkyl halides is 3. The third-order valence-electron chi connectivity index (χ3n) is 3.38. The molecule has 1 unspecified atom stereocenters. The molecule has 1 atom stereocenters. The van der Waals surface area contributed by atoms with E-state index >= 15 is 0 Å². The highest BCUT2D eigenvalue weighted by Crippen LogP contribution is 2.38. The van der Waals surface area contributed by atoms with Crippen LogP contribution in [0, 0.1) is 5.92 Å². The average Bonchev–Trinajstić information content (AvgIpc) is 2.83. The van der Waals surface area contributed by atoms with E-state index in [2.05, 4.69) is 10.3 Å². The first-order chi connectivity index (χ1) is 9.71. The molecule has 1 aliphatic heterocycles. The quantitative estimate of drug-likeness (QED) is 0.893. The molecule has 2 rings (SSSR count). The van der Waals surface area contributed by atoms with E-state index in [1.165, 1.54) is 0 Å². The maximum Gasteiger partial charge on any atom is 0.435 e. The van der Waals surface area contributed by atoms with Crippen molar-refractivity contribution in [3.05, 3.63) is 10.6 Å². The van der Waals surface area contributed by atoms with Gasteiger partial charge >= 0.3 is 12.1 Å². The van der Waals surface area contributed by atoms with E-state index in [9.17, 15) is 18.0 Å². The lowest BCUT2D eigenvalue weighted by atomic mass is 10.0. The minimum atomic E-state index is -4.76. The number of aromatic nitrogens is 1. The van der Waals surface area contributed by atoms with E-state index in [-0.39, 0.29) is 17.1 Å². The van der Waals surface area contributed by atoms with Crippen LogP contribution in [0.3, 0.4) is 0 Å². The van der Waals surface area contributed by atoms with Gasteiger partial charge in [0.05, 0.1) is 0 Å². The van der Waals surface area contributed by atoms with Crippen molar-refractivity contribution in [2.24, 2.45) is 5.92 Å². The van der Waals surface area contributed by atoms with Crippen LogP contribution < -0.4 is 10.2 Å². The normalized spacial score (nSPS) is 20.1. The molecule has 1 saturated heterocycles. The van der Waals surface area contributed by atoms with Gasteiger partial charge in [-0.15, -0.1) is 0 Å². The van der Waals surface area contributed by atoms with Gasteiger partial charge in [-0.2, -0.15) is 13.2 Å². The average molecular weight is 323 g/mol. The van der Waals surface area contributed by atoms with Gasteiger partial charge < -0.3 is 15.3 Å². The minimum absolute atomic E-state index is 0.00683. The first-order valence-electron chi connectivity index (χ1n) is 6.50. The number of aromatic carboxylic acids is 1. The molecule has 1 aromatic heterocycles. The number of carbonyl (C=O) groups is 1.